The Hall–Kier alpha value is -3.61. The van der Waals surface area contributed by atoms with Crippen molar-refractivity contribution in [1.82, 2.24) is 4.90 Å². The Bertz CT molecular complexity index is 955. The van der Waals surface area contributed by atoms with Gasteiger partial charge in [-0.1, -0.05) is 24.3 Å². The molecule has 0 fully saturated rings. The van der Waals surface area contributed by atoms with Crippen molar-refractivity contribution in [3.05, 3.63) is 89.6 Å². The van der Waals surface area contributed by atoms with E-state index < -0.39 is 5.97 Å². The summed E-state index contributed by atoms with van der Waals surface area (Å²) in [6.07, 6.45) is 1.57. The molecule has 0 aliphatic rings. The number of furan rings is 1. The molecule has 0 aliphatic heterocycles. The number of amides is 1. The lowest BCUT2D eigenvalue weighted by Gasteiger charge is -2.17. The molecule has 3 rings (SSSR count). The standard InChI is InChI=1S/C22H21FN2O4/c1-25(14-16-8-10-17(23)11-9-16)21(26)15-29-22(27)19-6-2-3-7-20(19)24-13-18-5-4-12-28-18/h2-12,24H,13-15H2,1H3. The lowest BCUT2D eigenvalue weighted by atomic mass is 10.2. The number of esters is 1. The molecule has 7 heteroatoms. The second-order valence-electron chi connectivity index (χ2n) is 6.43. The molecule has 150 valence electrons. The van der Waals surface area contributed by atoms with E-state index in [1.807, 2.05) is 6.07 Å². The van der Waals surface area contributed by atoms with Crippen LogP contribution >= 0.6 is 0 Å². The minimum absolute atomic E-state index is 0.290. The Balaban J connectivity index is 1.54. The summed E-state index contributed by atoms with van der Waals surface area (Å²) in [6, 6.07) is 16.4. The average molecular weight is 396 g/mol. The van der Waals surface area contributed by atoms with Gasteiger partial charge in [-0.2, -0.15) is 0 Å². The number of para-hydroxylation sites is 1. The predicted octanol–water partition coefficient (Wildman–Crippen LogP) is 3.85. The molecule has 0 spiro atoms. The van der Waals surface area contributed by atoms with Crippen LogP contribution in [-0.2, 0) is 22.6 Å². The Kier molecular flexibility index (Phi) is 6.63. The molecule has 0 atom stereocenters. The Morgan fingerprint density at radius 1 is 1.07 bits per heavy atom. The third kappa shape index (κ3) is 5.68. The number of nitrogens with zero attached hydrogens (tertiary/aromatic N) is 1. The summed E-state index contributed by atoms with van der Waals surface area (Å²) >= 11 is 0. The van der Waals surface area contributed by atoms with E-state index in [0.29, 0.717) is 17.8 Å². The highest BCUT2D eigenvalue weighted by atomic mass is 19.1. The van der Waals surface area contributed by atoms with E-state index in [9.17, 15) is 14.0 Å². The van der Waals surface area contributed by atoms with Crippen molar-refractivity contribution in [3.63, 3.8) is 0 Å². The van der Waals surface area contributed by atoms with Gasteiger partial charge in [0, 0.05) is 19.3 Å². The lowest BCUT2D eigenvalue weighted by molar-refractivity contribution is -0.133. The van der Waals surface area contributed by atoms with Gasteiger partial charge in [0.1, 0.15) is 11.6 Å². The number of carbonyl (C=O) groups excluding carboxylic acids is 2. The van der Waals surface area contributed by atoms with Gasteiger partial charge in [0.15, 0.2) is 6.61 Å². The summed E-state index contributed by atoms with van der Waals surface area (Å²) in [6.45, 7) is 0.317. The highest BCUT2D eigenvalue weighted by Crippen LogP contribution is 2.17. The van der Waals surface area contributed by atoms with Gasteiger partial charge < -0.3 is 19.4 Å². The van der Waals surface area contributed by atoms with Crippen LogP contribution in [0.3, 0.4) is 0 Å². The van der Waals surface area contributed by atoms with Crippen LogP contribution in [0.25, 0.3) is 0 Å². The molecule has 0 saturated heterocycles. The average Bonchev–Trinajstić information content (AvgIpc) is 3.25. The van der Waals surface area contributed by atoms with Crippen LogP contribution in [-0.4, -0.2) is 30.4 Å². The molecule has 0 aliphatic carbocycles. The van der Waals surface area contributed by atoms with Gasteiger partial charge in [-0.3, -0.25) is 4.79 Å². The summed E-state index contributed by atoms with van der Waals surface area (Å²) in [5.41, 5.74) is 1.69. The van der Waals surface area contributed by atoms with Crippen molar-refractivity contribution in [2.24, 2.45) is 0 Å². The van der Waals surface area contributed by atoms with E-state index >= 15 is 0 Å². The van der Waals surface area contributed by atoms with E-state index in [-0.39, 0.29) is 24.9 Å². The van der Waals surface area contributed by atoms with E-state index in [1.165, 1.54) is 17.0 Å². The molecule has 1 N–H and O–H groups in total. The molecule has 0 radical (unpaired) electrons. The number of halogens is 1. The fourth-order valence-electron chi connectivity index (χ4n) is 2.68. The predicted molar refractivity (Wildman–Crippen MR) is 106 cm³/mol. The van der Waals surface area contributed by atoms with E-state index in [0.717, 1.165) is 11.3 Å². The molecule has 6 nitrogen and oxygen atoms in total. The zero-order valence-corrected chi connectivity index (χ0v) is 15.9. The summed E-state index contributed by atoms with van der Waals surface area (Å²) in [5, 5.41) is 3.12. The van der Waals surface area contributed by atoms with E-state index in [4.69, 9.17) is 9.15 Å². The number of anilines is 1. The van der Waals surface area contributed by atoms with Crippen LogP contribution in [0.15, 0.2) is 71.3 Å². The normalized spacial score (nSPS) is 10.4. The van der Waals surface area contributed by atoms with Gasteiger partial charge in [0.2, 0.25) is 0 Å². The molecule has 0 unspecified atom stereocenters. The van der Waals surface area contributed by atoms with Crippen molar-refractivity contribution in [1.29, 1.82) is 0 Å². The first kappa shape index (κ1) is 20.1. The Morgan fingerprint density at radius 2 is 1.83 bits per heavy atom. The molecule has 29 heavy (non-hydrogen) atoms. The molecular formula is C22H21FN2O4. The number of rotatable bonds is 8. The third-order valence-electron chi connectivity index (χ3n) is 4.27. The number of nitrogens with one attached hydrogen (secondary N) is 1. The van der Waals surface area contributed by atoms with Crippen LogP contribution in [0.2, 0.25) is 0 Å². The zero-order valence-electron chi connectivity index (χ0n) is 15.9. The van der Waals surface area contributed by atoms with Gasteiger partial charge in [0.05, 0.1) is 18.4 Å². The minimum atomic E-state index is -0.601. The summed E-state index contributed by atoms with van der Waals surface area (Å²) in [7, 11) is 1.60. The van der Waals surface area contributed by atoms with Crippen molar-refractivity contribution in [2.75, 3.05) is 19.0 Å². The SMILES string of the molecule is CN(Cc1ccc(F)cc1)C(=O)COC(=O)c1ccccc1NCc1ccco1. The van der Waals surface area contributed by atoms with Crippen LogP contribution in [0.5, 0.6) is 0 Å². The highest BCUT2D eigenvalue weighted by molar-refractivity contribution is 5.96. The quantitative estimate of drug-likeness (QED) is 0.586. The smallest absolute Gasteiger partial charge is 0.340 e. The maximum Gasteiger partial charge on any atom is 0.340 e. The summed E-state index contributed by atoms with van der Waals surface area (Å²) < 4.78 is 23.4. The minimum Gasteiger partial charge on any atom is -0.467 e. The largest absolute Gasteiger partial charge is 0.467 e. The first-order valence-corrected chi connectivity index (χ1v) is 9.04. The van der Waals surface area contributed by atoms with Gasteiger partial charge in [-0.15, -0.1) is 0 Å². The second-order valence-corrected chi connectivity index (χ2v) is 6.43. The van der Waals surface area contributed by atoms with Crippen LogP contribution in [0.4, 0.5) is 10.1 Å². The number of hydrogen-bond donors (Lipinski definition) is 1. The van der Waals surface area contributed by atoms with Gasteiger partial charge in [0.25, 0.3) is 5.91 Å². The lowest BCUT2D eigenvalue weighted by Crippen LogP contribution is -2.30. The van der Waals surface area contributed by atoms with Gasteiger partial charge >= 0.3 is 5.97 Å². The fourth-order valence-corrected chi connectivity index (χ4v) is 2.68. The topological polar surface area (TPSA) is 71.8 Å². The summed E-state index contributed by atoms with van der Waals surface area (Å²) in [5.74, 6) is -0.568. The van der Waals surface area contributed by atoms with Gasteiger partial charge in [-0.05, 0) is 42.0 Å². The van der Waals surface area contributed by atoms with Crippen LogP contribution < -0.4 is 5.32 Å². The number of carbonyl (C=O) groups is 2. The second kappa shape index (κ2) is 9.54. The third-order valence-corrected chi connectivity index (χ3v) is 4.27. The molecule has 1 aromatic heterocycles. The Labute approximate surface area is 167 Å². The molecule has 3 aromatic rings. The first-order chi connectivity index (χ1) is 14.0. The molecule has 2 aromatic carbocycles. The van der Waals surface area contributed by atoms with Crippen molar-refractivity contribution in [3.8, 4) is 0 Å². The number of likely N-dealkylation sites (N-methyl/N-ethyl adjacent to an activating group) is 1. The molecule has 1 amide bonds. The molecular weight excluding hydrogens is 375 g/mol. The Morgan fingerprint density at radius 3 is 2.55 bits per heavy atom. The highest BCUT2D eigenvalue weighted by Gasteiger charge is 2.16. The monoisotopic (exact) mass is 396 g/mol. The van der Waals surface area contributed by atoms with Crippen molar-refractivity contribution >= 4 is 17.6 Å². The first-order valence-electron chi connectivity index (χ1n) is 9.04. The maximum atomic E-state index is 13.0. The molecule has 1 heterocycles. The van der Waals surface area contributed by atoms with Crippen LogP contribution in [0, 0.1) is 5.82 Å². The van der Waals surface area contributed by atoms with Crippen LogP contribution in [0.1, 0.15) is 21.7 Å². The van der Waals surface area contributed by atoms with Crippen molar-refractivity contribution < 1.29 is 23.1 Å². The summed E-state index contributed by atoms with van der Waals surface area (Å²) in [4.78, 5) is 26.1. The fraction of sp³-hybridized carbons (Fsp3) is 0.182. The van der Waals surface area contributed by atoms with E-state index in [2.05, 4.69) is 5.32 Å². The number of benzene rings is 2. The molecule has 0 bridgehead atoms. The van der Waals surface area contributed by atoms with Gasteiger partial charge in [-0.25, -0.2) is 9.18 Å². The zero-order chi connectivity index (χ0) is 20.6. The van der Waals surface area contributed by atoms with E-state index in [1.54, 1.807) is 55.8 Å². The molecule has 0 saturated carbocycles. The number of ether oxygens (including phenoxy) is 1. The maximum absolute atomic E-state index is 13.0. The number of hydrogen-bond acceptors (Lipinski definition) is 5. The van der Waals surface area contributed by atoms with Crippen molar-refractivity contribution in [2.45, 2.75) is 13.1 Å².